The van der Waals surface area contributed by atoms with E-state index in [1.807, 2.05) is 24.3 Å². The van der Waals surface area contributed by atoms with Crippen LogP contribution in [0.4, 0.5) is 11.4 Å². The van der Waals surface area contributed by atoms with Crippen LogP contribution in [0, 0.1) is 13.8 Å². The summed E-state index contributed by atoms with van der Waals surface area (Å²) in [6, 6.07) is 15.2. The SMILES string of the molecule is CCOC(=O)CN(C(=O)C(=O)OCC)c1cc(C)c(Oc2ccc(O)c(NC(=O)C3CCc4ccccc4O3)c2)c(C)c1. The van der Waals surface area contributed by atoms with Crippen molar-refractivity contribution < 1.29 is 43.2 Å². The van der Waals surface area contributed by atoms with E-state index in [1.54, 1.807) is 45.9 Å². The summed E-state index contributed by atoms with van der Waals surface area (Å²) in [5.74, 6) is -1.90. The van der Waals surface area contributed by atoms with Crippen LogP contribution < -0.4 is 19.7 Å². The second-order valence-electron chi connectivity index (χ2n) is 9.85. The van der Waals surface area contributed by atoms with Crippen molar-refractivity contribution in [2.45, 2.75) is 46.6 Å². The Labute approximate surface area is 249 Å². The number of esters is 2. The van der Waals surface area contributed by atoms with Crippen LogP contribution in [0.25, 0.3) is 0 Å². The Hall–Kier alpha value is -5.06. The van der Waals surface area contributed by atoms with Crippen molar-refractivity contribution in [3.8, 4) is 23.0 Å². The van der Waals surface area contributed by atoms with E-state index in [9.17, 15) is 24.3 Å². The fourth-order valence-electron chi connectivity index (χ4n) is 4.68. The average molecular weight is 591 g/mol. The summed E-state index contributed by atoms with van der Waals surface area (Å²) in [5, 5.41) is 13.2. The van der Waals surface area contributed by atoms with Gasteiger partial charge in [-0.15, -0.1) is 0 Å². The molecule has 0 radical (unpaired) electrons. The molecule has 0 bridgehead atoms. The minimum absolute atomic E-state index is 0.000632. The molecule has 11 nitrogen and oxygen atoms in total. The highest BCUT2D eigenvalue weighted by atomic mass is 16.5. The van der Waals surface area contributed by atoms with Gasteiger partial charge in [0, 0.05) is 11.8 Å². The summed E-state index contributed by atoms with van der Waals surface area (Å²) in [5.41, 5.74) is 2.65. The number of benzene rings is 3. The molecule has 11 heteroatoms. The van der Waals surface area contributed by atoms with Gasteiger partial charge in [-0.1, -0.05) is 18.2 Å². The van der Waals surface area contributed by atoms with Crippen molar-refractivity contribution in [2.75, 3.05) is 30.0 Å². The highest BCUT2D eigenvalue weighted by Gasteiger charge is 2.29. The number of fused-ring (bicyclic) bond motifs is 1. The van der Waals surface area contributed by atoms with Crippen molar-refractivity contribution in [2.24, 2.45) is 0 Å². The Kier molecular flexibility index (Phi) is 9.87. The quantitative estimate of drug-likeness (QED) is 0.208. The largest absolute Gasteiger partial charge is 0.506 e. The lowest BCUT2D eigenvalue weighted by molar-refractivity contribution is -0.153. The zero-order valence-corrected chi connectivity index (χ0v) is 24.5. The van der Waals surface area contributed by atoms with Crippen molar-refractivity contribution in [1.82, 2.24) is 0 Å². The number of aromatic hydroxyl groups is 1. The standard InChI is InChI=1S/C32H34N2O9/c1-5-40-28(36)18-34(31(38)32(39)41-6-2)22-15-19(3)29(20(4)16-22)42-23-12-13-25(35)24(17-23)33-30(37)27-14-11-21-9-7-8-10-26(21)43-27/h7-10,12-13,15-17,27,35H,5-6,11,14,18H2,1-4H3,(H,33,37). The number of ether oxygens (including phenoxy) is 4. The summed E-state index contributed by atoms with van der Waals surface area (Å²) in [7, 11) is 0. The summed E-state index contributed by atoms with van der Waals surface area (Å²) in [4.78, 5) is 51.3. The lowest BCUT2D eigenvalue weighted by atomic mass is 10.0. The van der Waals surface area contributed by atoms with Gasteiger partial charge in [-0.2, -0.15) is 0 Å². The number of phenols is 1. The number of aryl methyl sites for hydroxylation is 3. The molecule has 1 heterocycles. The number of hydrogen-bond donors (Lipinski definition) is 2. The minimum atomic E-state index is -1.09. The van der Waals surface area contributed by atoms with Gasteiger partial charge in [-0.25, -0.2) is 4.79 Å². The number of para-hydroxylation sites is 1. The molecule has 43 heavy (non-hydrogen) atoms. The molecule has 0 aromatic heterocycles. The van der Waals surface area contributed by atoms with E-state index < -0.39 is 36.4 Å². The molecular weight excluding hydrogens is 556 g/mol. The molecular formula is C32H34N2O9. The first-order valence-corrected chi connectivity index (χ1v) is 13.9. The van der Waals surface area contributed by atoms with Crippen LogP contribution in [0.2, 0.25) is 0 Å². The van der Waals surface area contributed by atoms with E-state index in [0.29, 0.717) is 41.2 Å². The average Bonchev–Trinajstić information content (AvgIpc) is 2.98. The number of anilines is 2. The monoisotopic (exact) mass is 590 g/mol. The molecule has 1 aliphatic rings. The van der Waals surface area contributed by atoms with E-state index in [-0.39, 0.29) is 30.3 Å². The van der Waals surface area contributed by atoms with Gasteiger partial charge in [-0.05, 0) is 87.6 Å². The minimum Gasteiger partial charge on any atom is -0.506 e. The Balaban J connectivity index is 1.53. The zero-order valence-electron chi connectivity index (χ0n) is 24.5. The molecule has 0 fully saturated rings. The first-order chi connectivity index (χ1) is 20.6. The number of rotatable bonds is 9. The molecule has 1 atom stereocenters. The van der Waals surface area contributed by atoms with Crippen LogP contribution in [0.3, 0.4) is 0 Å². The third kappa shape index (κ3) is 7.42. The molecule has 3 aromatic carbocycles. The Morgan fingerprint density at radius 1 is 0.977 bits per heavy atom. The lowest BCUT2D eigenvalue weighted by Gasteiger charge is -2.25. The molecule has 4 rings (SSSR count). The van der Waals surface area contributed by atoms with Crippen LogP contribution in [0.5, 0.6) is 23.0 Å². The van der Waals surface area contributed by atoms with E-state index in [0.717, 1.165) is 10.5 Å². The molecule has 2 amide bonds. The maximum Gasteiger partial charge on any atom is 0.397 e. The summed E-state index contributed by atoms with van der Waals surface area (Å²) in [6.45, 7) is 6.32. The van der Waals surface area contributed by atoms with Gasteiger partial charge in [-0.3, -0.25) is 19.3 Å². The molecule has 0 aliphatic carbocycles. The van der Waals surface area contributed by atoms with E-state index in [4.69, 9.17) is 18.9 Å². The van der Waals surface area contributed by atoms with Crippen molar-refractivity contribution in [1.29, 1.82) is 0 Å². The van der Waals surface area contributed by atoms with Gasteiger partial charge in [0.2, 0.25) is 0 Å². The van der Waals surface area contributed by atoms with Crippen LogP contribution >= 0.6 is 0 Å². The Bertz CT molecular complexity index is 1510. The molecule has 0 spiro atoms. The topological polar surface area (TPSA) is 141 Å². The van der Waals surface area contributed by atoms with Crippen molar-refractivity contribution in [3.63, 3.8) is 0 Å². The van der Waals surface area contributed by atoms with Crippen molar-refractivity contribution in [3.05, 3.63) is 71.3 Å². The summed E-state index contributed by atoms with van der Waals surface area (Å²) < 4.78 is 21.8. The van der Waals surface area contributed by atoms with E-state index in [2.05, 4.69) is 5.32 Å². The predicted molar refractivity (Wildman–Crippen MR) is 158 cm³/mol. The van der Waals surface area contributed by atoms with Crippen LogP contribution in [0.15, 0.2) is 54.6 Å². The molecule has 226 valence electrons. The second kappa shape index (κ2) is 13.7. The molecule has 2 N–H and O–H groups in total. The second-order valence-corrected chi connectivity index (χ2v) is 9.85. The third-order valence-electron chi connectivity index (χ3n) is 6.70. The Morgan fingerprint density at radius 2 is 1.67 bits per heavy atom. The lowest BCUT2D eigenvalue weighted by Crippen LogP contribution is -2.41. The molecule has 3 aromatic rings. The number of amides is 2. The normalized spacial score (nSPS) is 13.6. The van der Waals surface area contributed by atoms with E-state index in [1.165, 1.54) is 12.1 Å². The van der Waals surface area contributed by atoms with E-state index >= 15 is 0 Å². The van der Waals surface area contributed by atoms with Gasteiger partial charge < -0.3 is 29.4 Å². The molecule has 1 unspecified atom stereocenters. The summed E-state index contributed by atoms with van der Waals surface area (Å²) >= 11 is 0. The predicted octanol–water partition coefficient (Wildman–Crippen LogP) is 4.59. The van der Waals surface area contributed by atoms with Gasteiger partial charge in [0.15, 0.2) is 6.10 Å². The number of nitrogens with zero attached hydrogens (tertiary/aromatic N) is 1. The summed E-state index contributed by atoms with van der Waals surface area (Å²) in [6.07, 6.45) is 0.475. The first kappa shape index (κ1) is 30.9. The van der Waals surface area contributed by atoms with Crippen LogP contribution in [-0.4, -0.2) is 54.7 Å². The molecule has 0 saturated heterocycles. The van der Waals surface area contributed by atoms with Gasteiger partial charge in [0.25, 0.3) is 5.91 Å². The smallest absolute Gasteiger partial charge is 0.397 e. The number of hydrogen-bond acceptors (Lipinski definition) is 9. The zero-order chi connectivity index (χ0) is 31.1. The first-order valence-electron chi connectivity index (χ1n) is 13.9. The highest BCUT2D eigenvalue weighted by molar-refractivity contribution is 6.38. The third-order valence-corrected chi connectivity index (χ3v) is 6.70. The Morgan fingerprint density at radius 3 is 2.37 bits per heavy atom. The fraction of sp³-hybridized carbons (Fsp3) is 0.312. The number of carbonyl (C=O) groups is 4. The van der Waals surface area contributed by atoms with Gasteiger partial charge >= 0.3 is 17.8 Å². The number of carbonyl (C=O) groups excluding carboxylic acids is 4. The van der Waals surface area contributed by atoms with Crippen molar-refractivity contribution >= 4 is 35.1 Å². The molecule has 0 saturated carbocycles. The van der Waals surface area contributed by atoms with Gasteiger partial charge in [0.05, 0.1) is 18.9 Å². The maximum absolute atomic E-state index is 13.0. The number of nitrogens with one attached hydrogen (secondary N) is 1. The highest BCUT2D eigenvalue weighted by Crippen LogP contribution is 2.36. The van der Waals surface area contributed by atoms with Gasteiger partial charge in [0.1, 0.15) is 29.5 Å². The molecule has 1 aliphatic heterocycles. The van der Waals surface area contributed by atoms with Crippen LogP contribution in [-0.2, 0) is 35.1 Å². The fourth-order valence-corrected chi connectivity index (χ4v) is 4.68. The van der Waals surface area contributed by atoms with Crippen LogP contribution in [0.1, 0.15) is 37.0 Å². The maximum atomic E-state index is 13.0. The number of phenolic OH excluding ortho intramolecular Hbond substituents is 1.